The summed E-state index contributed by atoms with van der Waals surface area (Å²) in [7, 11) is 0. The van der Waals surface area contributed by atoms with E-state index in [9.17, 15) is 0 Å². The van der Waals surface area contributed by atoms with E-state index in [1.165, 1.54) is 6.33 Å². The quantitative estimate of drug-likeness (QED) is 0.654. The molecule has 0 saturated carbocycles. The van der Waals surface area contributed by atoms with Crippen molar-refractivity contribution in [1.29, 1.82) is 0 Å². The zero-order chi connectivity index (χ0) is 11.0. The Labute approximate surface area is 96.3 Å². The van der Waals surface area contributed by atoms with Gasteiger partial charge in [0, 0.05) is 5.56 Å². The van der Waals surface area contributed by atoms with Gasteiger partial charge in [-0.15, -0.1) is 0 Å². The molecule has 0 aliphatic rings. The van der Waals surface area contributed by atoms with E-state index in [-0.39, 0.29) is 0 Å². The van der Waals surface area contributed by atoms with Gasteiger partial charge in [0.2, 0.25) is 0 Å². The summed E-state index contributed by atoms with van der Waals surface area (Å²) in [5, 5.41) is 7.45. The van der Waals surface area contributed by atoms with E-state index in [2.05, 4.69) is 20.2 Å². The molecule has 0 aliphatic carbocycles. The maximum Gasteiger partial charge on any atom is 0.158 e. The lowest BCUT2D eigenvalue weighted by Crippen LogP contribution is -1.82. The molecule has 16 heavy (non-hydrogen) atoms. The summed E-state index contributed by atoms with van der Waals surface area (Å²) in [5.41, 5.74) is 3.21. The van der Waals surface area contributed by atoms with Crippen LogP contribution in [0.5, 0.6) is 0 Å². The van der Waals surface area contributed by atoms with Gasteiger partial charge >= 0.3 is 0 Å². The van der Waals surface area contributed by atoms with E-state index in [4.69, 9.17) is 11.6 Å². The zero-order valence-corrected chi connectivity index (χ0v) is 8.94. The summed E-state index contributed by atoms with van der Waals surface area (Å²) in [6, 6.07) is 9.83. The highest BCUT2D eigenvalue weighted by atomic mass is 35.5. The third-order valence-corrected chi connectivity index (χ3v) is 2.64. The standard InChI is InChI=1S/C11H7ClN4/c12-11-10-9(13-6-14-11)8(15-16-10)7-4-2-1-3-5-7/h1-6H,(H,15,16). The van der Waals surface area contributed by atoms with Gasteiger partial charge in [-0.3, -0.25) is 5.10 Å². The van der Waals surface area contributed by atoms with Gasteiger partial charge in [0.05, 0.1) is 0 Å². The predicted octanol–water partition coefficient (Wildman–Crippen LogP) is 2.67. The van der Waals surface area contributed by atoms with Gasteiger partial charge in [-0.2, -0.15) is 5.10 Å². The Morgan fingerprint density at radius 2 is 1.88 bits per heavy atom. The zero-order valence-electron chi connectivity index (χ0n) is 8.18. The fourth-order valence-corrected chi connectivity index (χ4v) is 1.78. The van der Waals surface area contributed by atoms with Crippen LogP contribution in [0.4, 0.5) is 0 Å². The molecule has 4 nitrogen and oxygen atoms in total. The van der Waals surface area contributed by atoms with Crippen molar-refractivity contribution in [3.8, 4) is 11.3 Å². The summed E-state index contributed by atoms with van der Waals surface area (Å²) in [6.07, 6.45) is 1.44. The number of benzene rings is 1. The molecule has 5 heteroatoms. The van der Waals surface area contributed by atoms with Gasteiger partial charge in [0.15, 0.2) is 5.15 Å². The molecular formula is C11H7ClN4. The summed E-state index contributed by atoms with van der Waals surface area (Å²) < 4.78 is 0. The van der Waals surface area contributed by atoms with Gasteiger partial charge in [-0.25, -0.2) is 9.97 Å². The van der Waals surface area contributed by atoms with Crippen LogP contribution in [-0.4, -0.2) is 20.2 Å². The van der Waals surface area contributed by atoms with E-state index < -0.39 is 0 Å². The number of halogens is 1. The second kappa shape index (κ2) is 3.57. The van der Waals surface area contributed by atoms with E-state index in [0.717, 1.165) is 16.8 Å². The van der Waals surface area contributed by atoms with Gasteiger partial charge < -0.3 is 0 Å². The van der Waals surface area contributed by atoms with Crippen LogP contribution in [0, 0.1) is 0 Å². The molecule has 3 rings (SSSR count). The minimum Gasteiger partial charge on any atom is -0.272 e. The number of aromatic nitrogens is 4. The Morgan fingerprint density at radius 3 is 2.69 bits per heavy atom. The molecule has 0 fully saturated rings. The predicted molar refractivity (Wildman–Crippen MR) is 62.1 cm³/mol. The third kappa shape index (κ3) is 1.35. The van der Waals surface area contributed by atoms with E-state index in [1.54, 1.807) is 0 Å². The first kappa shape index (κ1) is 9.30. The van der Waals surface area contributed by atoms with Gasteiger partial charge in [0.1, 0.15) is 23.1 Å². The fraction of sp³-hybridized carbons (Fsp3) is 0. The first-order chi connectivity index (χ1) is 7.86. The lowest BCUT2D eigenvalue weighted by Gasteiger charge is -1.95. The highest BCUT2D eigenvalue weighted by Gasteiger charge is 2.11. The van der Waals surface area contributed by atoms with Crippen LogP contribution in [0.15, 0.2) is 36.7 Å². The van der Waals surface area contributed by atoms with Crippen LogP contribution < -0.4 is 0 Å². The molecule has 0 aliphatic heterocycles. The molecule has 0 unspecified atom stereocenters. The summed E-state index contributed by atoms with van der Waals surface area (Å²) in [6.45, 7) is 0. The molecule has 78 valence electrons. The highest BCUT2D eigenvalue weighted by molar-refractivity contribution is 6.33. The molecule has 0 spiro atoms. The van der Waals surface area contributed by atoms with Gasteiger partial charge in [-0.1, -0.05) is 41.9 Å². The lowest BCUT2D eigenvalue weighted by molar-refractivity contribution is 1.12. The van der Waals surface area contributed by atoms with Crippen molar-refractivity contribution in [2.75, 3.05) is 0 Å². The summed E-state index contributed by atoms with van der Waals surface area (Å²) in [5.74, 6) is 0. The normalized spacial score (nSPS) is 10.8. The van der Waals surface area contributed by atoms with Gasteiger partial charge in [-0.05, 0) is 0 Å². The van der Waals surface area contributed by atoms with Crippen LogP contribution >= 0.6 is 11.6 Å². The Balaban J connectivity index is 2.30. The van der Waals surface area contributed by atoms with Crippen molar-refractivity contribution in [3.05, 3.63) is 41.8 Å². The maximum atomic E-state index is 5.94. The minimum absolute atomic E-state index is 0.389. The molecule has 1 N–H and O–H groups in total. The van der Waals surface area contributed by atoms with Crippen LogP contribution in [-0.2, 0) is 0 Å². The van der Waals surface area contributed by atoms with E-state index >= 15 is 0 Å². The van der Waals surface area contributed by atoms with Crippen LogP contribution in [0.1, 0.15) is 0 Å². The monoisotopic (exact) mass is 230 g/mol. The Morgan fingerprint density at radius 1 is 1.06 bits per heavy atom. The molecule has 2 aromatic heterocycles. The largest absolute Gasteiger partial charge is 0.272 e. The van der Waals surface area contributed by atoms with Crippen LogP contribution in [0.3, 0.4) is 0 Å². The molecule has 0 saturated heterocycles. The number of nitrogens with zero attached hydrogens (tertiary/aromatic N) is 3. The van der Waals surface area contributed by atoms with Crippen molar-refractivity contribution in [1.82, 2.24) is 20.2 Å². The topological polar surface area (TPSA) is 54.5 Å². The summed E-state index contributed by atoms with van der Waals surface area (Å²) >= 11 is 5.94. The number of hydrogen-bond acceptors (Lipinski definition) is 3. The van der Waals surface area contributed by atoms with Crippen molar-refractivity contribution in [3.63, 3.8) is 0 Å². The first-order valence-corrected chi connectivity index (χ1v) is 5.14. The summed E-state index contributed by atoms with van der Waals surface area (Å²) in [4.78, 5) is 8.09. The average molecular weight is 231 g/mol. The Kier molecular flexibility index (Phi) is 2.08. The Bertz CT molecular complexity index is 633. The van der Waals surface area contributed by atoms with Gasteiger partial charge in [0.25, 0.3) is 0 Å². The third-order valence-electron chi connectivity index (χ3n) is 2.35. The second-order valence-corrected chi connectivity index (χ2v) is 3.68. The lowest BCUT2D eigenvalue weighted by atomic mass is 10.1. The second-order valence-electron chi connectivity index (χ2n) is 3.33. The number of fused-ring (bicyclic) bond motifs is 1. The van der Waals surface area contributed by atoms with Crippen molar-refractivity contribution in [2.45, 2.75) is 0 Å². The number of nitrogens with one attached hydrogen (secondary N) is 1. The molecule has 0 atom stereocenters. The van der Waals surface area contributed by atoms with Crippen molar-refractivity contribution >= 4 is 22.6 Å². The van der Waals surface area contributed by atoms with Crippen LogP contribution in [0.2, 0.25) is 5.15 Å². The van der Waals surface area contributed by atoms with Crippen molar-refractivity contribution in [2.24, 2.45) is 0 Å². The Hall–Kier alpha value is -1.94. The molecule has 1 aromatic carbocycles. The number of hydrogen-bond donors (Lipinski definition) is 1. The molecule has 0 amide bonds. The molecule has 0 radical (unpaired) electrons. The maximum absolute atomic E-state index is 5.94. The average Bonchev–Trinajstić information content (AvgIpc) is 2.75. The molecule has 0 bridgehead atoms. The molecule has 3 aromatic rings. The fourth-order valence-electron chi connectivity index (χ4n) is 1.60. The number of H-pyrrole nitrogens is 1. The van der Waals surface area contributed by atoms with Crippen molar-refractivity contribution < 1.29 is 0 Å². The van der Waals surface area contributed by atoms with Crippen LogP contribution in [0.25, 0.3) is 22.3 Å². The molecular weight excluding hydrogens is 224 g/mol. The smallest absolute Gasteiger partial charge is 0.158 e. The number of rotatable bonds is 1. The van der Waals surface area contributed by atoms with E-state index in [1.807, 2.05) is 30.3 Å². The number of aromatic amines is 1. The highest BCUT2D eigenvalue weighted by Crippen LogP contribution is 2.26. The SMILES string of the molecule is Clc1ncnc2c(-c3ccccc3)n[nH]c12. The first-order valence-electron chi connectivity index (χ1n) is 4.76. The van der Waals surface area contributed by atoms with E-state index in [0.29, 0.717) is 10.7 Å². The molecule has 2 heterocycles. The minimum atomic E-state index is 0.389.